The molecule has 0 unspecified atom stereocenters. The molecule has 1 aliphatic rings. The zero-order valence-corrected chi connectivity index (χ0v) is 14.1. The highest BCUT2D eigenvalue weighted by molar-refractivity contribution is 7.91. The first-order valence-corrected chi connectivity index (χ1v) is 9.99. The van der Waals surface area contributed by atoms with Gasteiger partial charge in [-0.2, -0.15) is 0 Å². The molecule has 2 aromatic heterocycles. The van der Waals surface area contributed by atoms with Gasteiger partial charge in [-0.15, -0.1) is 22.7 Å². The van der Waals surface area contributed by atoms with Crippen LogP contribution in [0.15, 0.2) is 21.0 Å². The van der Waals surface area contributed by atoms with Gasteiger partial charge in [0.2, 0.25) is 10.0 Å². The van der Waals surface area contributed by atoms with Crippen LogP contribution in [0.5, 0.6) is 0 Å². The molecular weight excluding hydrogens is 326 g/mol. The lowest BCUT2D eigenvalue weighted by molar-refractivity contribution is 0.582. The Balaban J connectivity index is 1.60. The van der Waals surface area contributed by atoms with Gasteiger partial charge >= 0.3 is 0 Å². The Bertz CT molecular complexity index is 717. The third kappa shape index (κ3) is 4.10. The fourth-order valence-corrected chi connectivity index (χ4v) is 4.73. The largest absolute Gasteiger partial charge is 0.310 e. The number of nitrogens with one attached hydrogen (secondary N) is 2. The lowest BCUT2D eigenvalue weighted by atomic mass is 10.3. The van der Waals surface area contributed by atoms with E-state index >= 15 is 0 Å². The van der Waals surface area contributed by atoms with Crippen molar-refractivity contribution in [2.75, 3.05) is 0 Å². The number of sulfonamides is 1. The molecule has 2 N–H and O–H groups in total. The average Bonchev–Trinajstić information content (AvgIpc) is 2.97. The highest BCUT2D eigenvalue weighted by Gasteiger charge is 2.21. The van der Waals surface area contributed by atoms with E-state index in [1.807, 2.05) is 17.7 Å². The van der Waals surface area contributed by atoms with Crippen LogP contribution in [0, 0.1) is 6.92 Å². The number of aromatic nitrogens is 1. The summed E-state index contributed by atoms with van der Waals surface area (Å²) in [6.07, 6.45) is 2.45. The van der Waals surface area contributed by atoms with Crippen molar-refractivity contribution in [3.05, 3.63) is 33.1 Å². The van der Waals surface area contributed by atoms with Gasteiger partial charge in [0.25, 0.3) is 0 Å². The van der Waals surface area contributed by atoms with Crippen LogP contribution in [0.4, 0.5) is 0 Å². The van der Waals surface area contributed by atoms with Crippen molar-refractivity contribution in [3.8, 4) is 0 Å². The number of rotatable bonds is 7. The van der Waals surface area contributed by atoms with Crippen molar-refractivity contribution in [3.63, 3.8) is 0 Å². The molecule has 0 bridgehead atoms. The van der Waals surface area contributed by atoms with Gasteiger partial charge in [0.1, 0.15) is 4.21 Å². The quantitative estimate of drug-likeness (QED) is 0.809. The van der Waals surface area contributed by atoms with E-state index in [1.54, 1.807) is 6.07 Å². The number of thiazole rings is 1. The van der Waals surface area contributed by atoms with E-state index in [4.69, 9.17) is 0 Å². The molecule has 114 valence electrons. The third-order valence-electron chi connectivity index (χ3n) is 3.18. The SMILES string of the molecule is Cc1nc(CNS(=O)(=O)c2cc(CNC3CC3)cs2)cs1. The normalized spacial score (nSPS) is 15.5. The molecule has 3 rings (SSSR count). The first kappa shape index (κ1) is 15.1. The zero-order chi connectivity index (χ0) is 14.9. The van der Waals surface area contributed by atoms with Crippen LogP contribution in [0.3, 0.4) is 0 Å². The van der Waals surface area contributed by atoms with Crippen molar-refractivity contribution >= 4 is 32.7 Å². The molecule has 0 aromatic carbocycles. The van der Waals surface area contributed by atoms with E-state index in [1.165, 1.54) is 35.5 Å². The fraction of sp³-hybridized carbons (Fsp3) is 0.462. The van der Waals surface area contributed by atoms with Crippen LogP contribution in [0.25, 0.3) is 0 Å². The predicted octanol–water partition coefficient (Wildman–Crippen LogP) is 2.24. The van der Waals surface area contributed by atoms with E-state index in [0.717, 1.165) is 22.8 Å². The number of hydrogen-bond acceptors (Lipinski definition) is 6. The summed E-state index contributed by atoms with van der Waals surface area (Å²) in [5.74, 6) is 0. The van der Waals surface area contributed by atoms with E-state index in [9.17, 15) is 8.42 Å². The lowest BCUT2D eigenvalue weighted by Crippen LogP contribution is -2.22. The predicted molar refractivity (Wildman–Crippen MR) is 85.1 cm³/mol. The van der Waals surface area contributed by atoms with Crippen LogP contribution >= 0.6 is 22.7 Å². The van der Waals surface area contributed by atoms with Gasteiger partial charge in [-0.1, -0.05) is 0 Å². The Morgan fingerprint density at radius 1 is 1.29 bits per heavy atom. The summed E-state index contributed by atoms with van der Waals surface area (Å²) >= 11 is 2.78. The molecule has 1 fully saturated rings. The Labute approximate surface area is 132 Å². The molecule has 0 spiro atoms. The van der Waals surface area contributed by atoms with Gasteiger partial charge in [0.15, 0.2) is 0 Å². The molecule has 2 aromatic rings. The highest BCUT2D eigenvalue weighted by Crippen LogP contribution is 2.23. The maximum atomic E-state index is 12.2. The van der Waals surface area contributed by atoms with Gasteiger partial charge in [-0.05, 0) is 36.8 Å². The first-order chi connectivity index (χ1) is 10.0. The number of thiophene rings is 1. The molecule has 0 aliphatic heterocycles. The van der Waals surface area contributed by atoms with Crippen LogP contribution in [-0.2, 0) is 23.1 Å². The minimum atomic E-state index is -3.45. The molecule has 1 aliphatic carbocycles. The number of nitrogens with zero attached hydrogens (tertiary/aromatic N) is 1. The second-order valence-corrected chi connectivity index (χ2v) is 9.08. The van der Waals surface area contributed by atoms with E-state index in [2.05, 4.69) is 15.0 Å². The van der Waals surface area contributed by atoms with Gasteiger partial charge in [0, 0.05) is 18.0 Å². The van der Waals surface area contributed by atoms with Crippen LogP contribution in [-0.4, -0.2) is 19.4 Å². The Morgan fingerprint density at radius 3 is 2.76 bits per heavy atom. The molecule has 5 nitrogen and oxygen atoms in total. The van der Waals surface area contributed by atoms with Crippen molar-refractivity contribution in [2.45, 2.75) is 43.1 Å². The monoisotopic (exact) mass is 343 g/mol. The topological polar surface area (TPSA) is 71.1 Å². The van der Waals surface area contributed by atoms with Crippen molar-refractivity contribution in [2.24, 2.45) is 0 Å². The van der Waals surface area contributed by atoms with Gasteiger partial charge in [-0.25, -0.2) is 18.1 Å². The Hall–Kier alpha value is -0.800. The highest BCUT2D eigenvalue weighted by atomic mass is 32.2. The average molecular weight is 343 g/mol. The van der Waals surface area contributed by atoms with Crippen molar-refractivity contribution in [1.29, 1.82) is 0 Å². The van der Waals surface area contributed by atoms with Crippen LogP contribution in [0.2, 0.25) is 0 Å². The second-order valence-electron chi connectivity index (χ2n) is 5.11. The molecule has 8 heteroatoms. The summed E-state index contributed by atoms with van der Waals surface area (Å²) in [6.45, 7) is 2.88. The molecule has 2 heterocycles. The minimum Gasteiger partial charge on any atom is -0.310 e. The summed E-state index contributed by atoms with van der Waals surface area (Å²) in [7, 11) is -3.45. The standard InChI is InChI=1S/C13H17N3O2S3/c1-9-16-12(8-19-9)6-15-21(17,18)13-4-10(7-20-13)5-14-11-2-3-11/h4,7-8,11,14-15H,2-3,5-6H2,1H3. The van der Waals surface area contributed by atoms with E-state index < -0.39 is 10.0 Å². The van der Waals surface area contributed by atoms with Gasteiger partial charge in [0.05, 0.1) is 17.2 Å². The second kappa shape index (κ2) is 6.13. The Morgan fingerprint density at radius 2 is 2.10 bits per heavy atom. The number of aryl methyl sites for hydroxylation is 1. The van der Waals surface area contributed by atoms with Crippen LogP contribution < -0.4 is 10.0 Å². The molecule has 21 heavy (non-hydrogen) atoms. The van der Waals surface area contributed by atoms with E-state index in [0.29, 0.717) is 10.3 Å². The maximum Gasteiger partial charge on any atom is 0.250 e. The third-order valence-corrected chi connectivity index (χ3v) is 6.89. The van der Waals surface area contributed by atoms with Crippen molar-refractivity contribution in [1.82, 2.24) is 15.0 Å². The molecule has 0 saturated heterocycles. The summed E-state index contributed by atoms with van der Waals surface area (Å²) < 4.78 is 27.4. The maximum absolute atomic E-state index is 12.2. The Kier molecular flexibility index (Phi) is 4.41. The summed E-state index contributed by atoms with van der Waals surface area (Å²) in [6, 6.07) is 2.37. The lowest BCUT2D eigenvalue weighted by Gasteiger charge is -2.02. The van der Waals surface area contributed by atoms with Gasteiger partial charge < -0.3 is 5.32 Å². The zero-order valence-electron chi connectivity index (χ0n) is 11.6. The van der Waals surface area contributed by atoms with Gasteiger partial charge in [-0.3, -0.25) is 0 Å². The number of hydrogen-bond donors (Lipinski definition) is 2. The molecule has 0 radical (unpaired) electrons. The molecule has 0 amide bonds. The fourth-order valence-electron chi connectivity index (χ4n) is 1.87. The molecular formula is C13H17N3O2S3. The molecule has 0 atom stereocenters. The van der Waals surface area contributed by atoms with E-state index in [-0.39, 0.29) is 6.54 Å². The molecule has 1 saturated carbocycles. The summed E-state index contributed by atoms with van der Waals surface area (Å²) in [4.78, 5) is 4.25. The summed E-state index contributed by atoms with van der Waals surface area (Å²) in [5, 5.41) is 8.09. The smallest absolute Gasteiger partial charge is 0.250 e. The first-order valence-electron chi connectivity index (χ1n) is 6.74. The van der Waals surface area contributed by atoms with Crippen molar-refractivity contribution < 1.29 is 8.42 Å². The van der Waals surface area contributed by atoms with Crippen LogP contribution in [0.1, 0.15) is 29.1 Å². The minimum absolute atomic E-state index is 0.236. The summed E-state index contributed by atoms with van der Waals surface area (Å²) in [5.41, 5.74) is 1.78.